The molecule has 0 aliphatic heterocycles. The Hall–Kier alpha value is -4.59. The Kier molecular flexibility index (Phi) is 6.88. The SMILES string of the molecule is COc1ccccc1-n1c(=C(C#N)C#N)s/c(=C/c2ccc(OCc3ccccc3)cc2)c1=O. The second-order valence-corrected chi connectivity index (χ2v) is 8.20. The maximum absolute atomic E-state index is 13.4. The van der Waals surface area contributed by atoms with Crippen molar-refractivity contribution in [1.29, 1.82) is 10.5 Å². The molecule has 1 aromatic heterocycles. The molecule has 0 atom stereocenters. The molecular formula is C27H19N3O3S. The third-order valence-corrected chi connectivity index (χ3v) is 6.11. The van der Waals surface area contributed by atoms with Crippen LogP contribution in [0, 0.1) is 22.7 Å². The van der Waals surface area contributed by atoms with E-state index in [4.69, 9.17) is 9.47 Å². The van der Waals surface area contributed by atoms with Crippen LogP contribution < -0.4 is 24.2 Å². The van der Waals surface area contributed by atoms with Gasteiger partial charge in [-0.25, -0.2) is 0 Å². The monoisotopic (exact) mass is 465 g/mol. The maximum atomic E-state index is 13.4. The van der Waals surface area contributed by atoms with E-state index >= 15 is 0 Å². The predicted octanol–water partition coefficient (Wildman–Crippen LogP) is 3.51. The third kappa shape index (κ3) is 4.75. The lowest BCUT2D eigenvalue weighted by molar-refractivity contribution is 0.306. The zero-order valence-corrected chi connectivity index (χ0v) is 19.1. The third-order valence-electron chi connectivity index (χ3n) is 5.01. The van der Waals surface area contributed by atoms with E-state index in [1.165, 1.54) is 11.7 Å². The standard InChI is InChI=1S/C27H19N3O3S/c1-32-24-10-6-5-9-23(24)30-26(31)25(34-27(30)21(16-28)17-29)15-19-11-13-22(14-12-19)33-18-20-7-3-2-4-8-20/h2-15H,18H2,1H3/b25-15+. The number of hydrogen-bond donors (Lipinski definition) is 0. The largest absolute Gasteiger partial charge is 0.495 e. The molecule has 0 aliphatic carbocycles. The van der Waals surface area contributed by atoms with Crippen molar-refractivity contribution in [1.82, 2.24) is 4.57 Å². The normalized spacial score (nSPS) is 10.9. The first-order chi connectivity index (χ1) is 16.6. The summed E-state index contributed by atoms with van der Waals surface area (Å²) in [6, 6.07) is 28.0. The number of methoxy groups -OCH3 is 1. The van der Waals surface area contributed by atoms with Gasteiger partial charge >= 0.3 is 0 Å². The van der Waals surface area contributed by atoms with E-state index in [1.807, 2.05) is 66.7 Å². The summed E-state index contributed by atoms with van der Waals surface area (Å²) in [7, 11) is 1.50. The lowest BCUT2D eigenvalue weighted by Gasteiger charge is -2.08. The molecule has 7 heteroatoms. The second-order valence-electron chi connectivity index (χ2n) is 7.17. The highest BCUT2D eigenvalue weighted by Gasteiger charge is 2.14. The molecule has 1 heterocycles. The van der Waals surface area contributed by atoms with Crippen LogP contribution in [0.3, 0.4) is 0 Å². The first kappa shape index (κ1) is 22.6. The van der Waals surface area contributed by atoms with E-state index in [-0.39, 0.29) is 15.8 Å². The molecule has 0 unspecified atom stereocenters. The van der Waals surface area contributed by atoms with E-state index in [0.717, 1.165) is 22.5 Å². The fourth-order valence-corrected chi connectivity index (χ4v) is 4.40. The molecule has 0 amide bonds. The first-order valence-electron chi connectivity index (χ1n) is 10.3. The summed E-state index contributed by atoms with van der Waals surface area (Å²) in [5.74, 6) is 1.18. The average Bonchev–Trinajstić information content (AvgIpc) is 3.20. The van der Waals surface area contributed by atoms with Crippen molar-refractivity contribution >= 4 is 23.0 Å². The Morgan fingerprint density at radius 2 is 1.65 bits per heavy atom. The fraction of sp³-hybridized carbons (Fsp3) is 0.0741. The summed E-state index contributed by atoms with van der Waals surface area (Å²) in [5.41, 5.74) is 1.85. The molecule has 0 saturated heterocycles. The van der Waals surface area contributed by atoms with Crippen LogP contribution in [0.25, 0.3) is 17.3 Å². The van der Waals surface area contributed by atoms with Gasteiger partial charge in [-0.05, 0) is 41.5 Å². The van der Waals surface area contributed by atoms with Gasteiger partial charge in [-0.2, -0.15) is 10.5 Å². The first-order valence-corrected chi connectivity index (χ1v) is 11.1. The zero-order chi connectivity index (χ0) is 23.9. The van der Waals surface area contributed by atoms with Crippen LogP contribution in [0.2, 0.25) is 0 Å². The van der Waals surface area contributed by atoms with Crippen LogP contribution in [0.15, 0.2) is 83.7 Å². The lowest BCUT2D eigenvalue weighted by Crippen LogP contribution is -2.31. The van der Waals surface area contributed by atoms with Gasteiger partial charge in [0.05, 0.1) is 17.3 Å². The minimum atomic E-state index is -0.336. The Morgan fingerprint density at radius 3 is 2.32 bits per heavy atom. The zero-order valence-electron chi connectivity index (χ0n) is 18.3. The van der Waals surface area contributed by atoms with Crippen molar-refractivity contribution in [3.05, 3.63) is 110 Å². The van der Waals surface area contributed by atoms with Gasteiger partial charge in [0, 0.05) is 0 Å². The molecule has 0 bridgehead atoms. The van der Waals surface area contributed by atoms with E-state index in [0.29, 0.717) is 28.3 Å². The van der Waals surface area contributed by atoms with E-state index in [1.54, 1.807) is 30.3 Å². The highest BCUT2D eigenvalue weighted by Crippen LogP contribution is 2.20. The van der Waals surface area contributed by atoms with Crippen LogP contribution in [0.1, 0.15) is 11.1 Å². The summed E-state index contributed by atoms with van der Waals surface area (Å²) in [5, 5.41) is 18.9. The molecule has 0 saturated carbocycles. The van der Waals surface area contributed by atoms with Gasteiger partial charge in [-0.15, -0.1) is 11.3 Å². The van der Waals surface area contributed by atoms with Gasteiger partial charge in [-0.3, -0.25) is 9.36 Å². The minimum absolute atomic E-state index is 0.141. The van der Waals surface area contributed by atoms with E-state index in [2.05, 4.69) is 0 Å². The van der Waals surface area contributed by atoms with Gasteiger partial charge in [0.25, 0.3) is 5.56 Å². The highest BCUT2D eigenvalue weighted by atomic mass is 32.1. The van der Waals surface area contributed by atoms with Crippen LogP contribution >= 0.6 is 11.3 Å². The van der Waals surface area contributed by atoms with E-state index < -0.39 is 0 Å². The molecule has 4 rings (SSSR count). The van der Waals surface area contributed by atoms with Gasteiger partial charge < -0.3 is 9.47 Å². The smallest absolute Gasteiger partial charge is 0.273 e. The van der Waals surface area contributed by atoms with Crippen LogP contribution in [0.5, 0.6) is 11.5 Å². The molecule has 0 spiro atoms. The van der Waals surface area contributed by atoms with Gasteiger partial charge in [0.2, 0.25) is 0 Å². The summed E-state index contributed by atoms with van der Waals surface area (Å²) in [6.07, 6.45) is 1.73. The Balaban J connectivity index is 1.75. The summed E-state index contributed by atoms with van der Waals surface area (Å²) in [4.78, 5) is 13.4. The topological polar surface area (TPSA) is 88.0 Å². The number of aromatic nitrogens is 1. The average molecular weight is 466 g/mol. The molecule has 0 aliphatic rings. The fourth-order valence-electron chi connectivity index (χ4n) is 3.36. The van der Waals surface area contributed by atoms with Crippen molar-refractivity contribution in [3.8, 4) is 29.3 Å². The molecule has 0 fully saturated rings. The molecule has 166 valence electrons. The summed E-state index contributed by atoms with van der Waals surface area (Å²) in [6.45, 7) is 0.461. The number of nitrogens with zero attached hydrogens (tertiary/aromatic N) is 3. The molecule has 0 N–H and O–H groups in total. The van der Waals surface area contributed by atoms with Gasteiger partial charge in [0.15, 0.2) is 5.57 Å². The molecule has 4 aromatic rings. The molecule has 6 nitrogen and oxygen atoms in total. The number of rotatable bonds is 6. The Bertz CT molecular complexity index is 1560. The van der Waals surface area contributed by atoms with Crippen molar-refractivity contribution in [2.45, 2.75) is 6.61 Å². The quantitative estimate of drug-likeness (QED) is 0.435. The van der Waals surface area contributed by atoms with Crippen molar-refractivity contribution in [3.63, 3.8) is 0 Å². The molecule has 3 aromatic carbocycles. The van der Waals surface area contributed by atoms with Crippen molar-refractivity contribution in [2.24, 2.45) is 0 Å². The number of benzene rings is 3. The van der Waals surface area contributed by atoms with Crippen LogP contribution in [0.4, 0.5) is 0 Å². The van der Waals surface area contributed by atoms with Crippen LogP contribution in [-0.4, -0.2) is 11.7 Å². The maximum Gasteiger partial charge on any atom is 0.273 e. The highest BCUT2D eigenvalue weighted by molar-refractivity contribution is 7.07. The molecule has 34 heavy (non-hydrogen) atoms. The lowest BCUT2D eigenvalue weighted by atomic mass is 10.2. The van der Waals surface area contributed by atoms with Gasteiger partial charge in [0.1, 0.15) is 34.9 Å². The number of hydrogen-bond acceptors (Lipinski definition) is 6. The van der Waals surface area contributed by atoms with Crippen molar-refractivity contribution in [2.75, 3.05) is 7.11 Å². The number of nitriles is 2. The Morgan fingerprint density at radius 1 is 0.971 bits per heavy atom. The molecular weight excluding hydrogens is 446 g/mol. The van der Waals surface area contributed by atoms with E-state index in [9.17, 15) is 15.3 Å². The summed E-state index contributed by atoms with van der Waals surface area (Å²) >= 11 is 1.09. The van der Waals surface area contributed by atoms with Crippen LogP contribution in [-0.2, 0) is 6.61 Å². The number of ether oxygens (including phenoxy) is 2. The molecule has 0 radical (unpaired) electrons. The van der Waals surface area contributed by atoms with Gasteiger partial charge in [-0.1, -0.05) is 54.6 Å². The summed E-state index contributed by atoms with van der Waals surface area (Å²) < 4.78 is 13.2. The number of para-hydroxylation sites is 2. The van der Waals surface area contributed by atoms with Crippen molar-refractivity contribution < 1.29 is 9.47 Å². The Labute approximate surface area is 200 Å². The predicted molar refractivity (Wildman–Crippen MR) is 131 cm³/mol. The number of thiazole rings is 1. The minimum Gasteiger partial charge on any atom is -0.495 e. The second kappa shape index (κ2) is 10.4.